The Morgan fingerprint density at radius 2 is 1.67 bits per heavy atom. The van der Waals surface area contributed by atoms with Crippen LogP contribution in [-0.4, -0.2) is 29.2 Å². The Labute approximate surface area is 150 Å². The number of ether oxygens (including phenoxy) is 1. The van der Waals surface area contributed by atoms with E-state index in [1.165, 1.54) is 5.57 Å². The molecular formula is C21H39NO2. The van der Waals surface area contributed by atoms with E-state index in [0.717, 1.165) is 24.8 Å². The molecule has 0 rings (SSSR count). The number of nitrogens with zero attached hydrogens (tertiary/aromatic N) is 1. The molecule has 0 bridgehead atoms. The molecule has 3 heteroatoms. The van der Waals surface area contributed by atoms with Crippen molar-refractivity contribution in [3.8, 4) is 0 Å². The fourth-order valence-electron chi connectivity index (χ4n) is 2.53. The number of carbonyl (C=O) groups is 1. The topological polar surface area (TPSA) is 29.5 Å². The first-order valence-corrected chi connectivity index (χ1v) is 9.21. The number of allylic oxidation sites excluding steroid dienone is 1. The lowest BCUT2D eigenvalue weighted by Gasteiger charge is -2.33. The van der Waals surface area contributed by atoms with E-state index < -0.39 is 5.60 Å². The summed E-state index contributed by atoms with van der Waals surface area (Å²) in [4.78, 5) is 14.4. The van der Waals surface area contributed by atoms with Gasteiger partial charge in [-0.2, -0.15) is 0 Å². The Kier molecular flexibility index (Phi) is 9.39. The molecule has 2 atom stereocenters. The molecule has 0 aromatic carbocycles. The summed E-state index contributed by atoms with van der Waals surface area (Å²) in [5.41, 5.74) is 1.88. The van der Waals surface area contributed by atoms with E-state index in [1.54, 1.807) is 0 Å². The Balaban J connectivity index is 4.87. The molecule has 0 saturated carbocycles. The smallest absolute Gasteiger partial charge is 0.410 e. The van der Waals surface area contributed by atoms with Gasteiger partial charge in [0.15, 0.2) is 0 Å². The first-order chi connectivity index (χ1) is 10.9. The monoisotopic (exact) mass is 337 g/mol. The van der Waals surface area contributed by atoms with Crippen molar-refractivity contribution < 1.29 is 9.53 Å². The Morgan fingerprint density at radius 3 is 2.08 bits per heavy atom. The van der Waals surface area contributed by atoms with Crippen molar-refractivity contribution in [3.05, 3.63) is 24.3 Å². The molecular weight excluding hydrogens is 298 g/mol. The van der Waals surface area contributed by atoms with Crippen LogP contribution in [0, 0.1) is 11.8 Å². The summed E-state index contributed by atoms with van der Waals surface area (Å²) in [6.07, 6.45) is 2.47. The Morgan fingerprint density at radius 1 is 1.12 bits per heavy atom. The number of carbonyl (C=O) groups excluding carboxylic acids is 1. The number of hydrogen-bond donors (Lipinski definition) is 0. The zero-order chi connectivity index (χ0) is 19.1. The van der Waals surface area contributed by atoms with Crippen LogP contribution in [0.5, 0.6) is 0 Å². The van der Waals surface area contributed by atoms with Gasteiger partial charge in [0.05, 0.1) is 0 Å². The molecule has 0 heterocycles. The summed E-state index contributed by atoms with van der Waals surface area (Å²) in [6.45, 7) is 25.5. The maximum absolute atomic E-state index is 12.6. The van der Waals surface area contributed by atoms with Gasteiger partial charge in [-0.25, -0.2) is 4.79 Å². The van der Waals surface area contributed by atoms with E-state index >= 15 is 0 Å². The molecule has 0 aliphatic carbocycles. The average Bonchev–Trinajstić information content (AvgIpc) is 2.41. The molecule has 0 radical (unpaired) electrons. The summed E-state index contributed by atoms with van der Waals surface area (Å²) in [6, 6.07) is 0.0690. The first-order valence-electron chi connectivity index (χ1n) is 9.21. The molecule has 3 nitrogen and oxygen atoms in total. The van der Waals surface area contributed by atoms with E-state index in [2.05, 4.69) is 47.8 Å². The summed E-state index contributed by atoms with van der Waals surface area (Å²) in [5.74, 6) is 0.901. The van der Waals surface area contributed by atoms with Crippen molar-refractivity contribution in [1.29, 1.82) is 0 Å². The molecule has 0 saturated heterocycles. The third-order valence-electron chi connectivity index (χ3n) is 4.09. The molecule has 0 N–H and O–H groups in total. The van der Waals surface area contributed by atoms with Gasteiger partial charge in [-0.15, -0.1) is 0 Å². The van der Waals surface area contributed by atoms with E-state index in [-0.39, 0.29) is 12.1 Å². The zero-order valence-corrected chi connectivity index (χ0v) is 17.2. The normalized spacial score (nSPS) is 14.2. The molecule has 1 amide bonds. The highest BCUT2D eigenvalue weighted by molar-refractivity contribution is 5.68. The maximum atomic E-state index is 12.6. The van der Waals surface area contributed by atoms with Crippen molar-refractivity contribution in [3.63, 3.8) is 0 Å². The average molecular weight is 338 g/mol. The predicted molar refractivity (Wildman–Crippen MR) is 104 cm³/mol. The second kappa shape index (κ2) is 9.90. The van der Waals surface area contributed by atoms with Crippen LogP contribution in [0.15, 0.2) is 24.3 Å². The van der Waals surface area contributed by atoms with Crippen LogP contribution in [-0.2, 0) is 4.74 Å². The van der Waals surface area contributed by atoms with E-state index in [9.17, 15) is 4.79 Å². The van der Waals surface area contributed by atoms with Gasteiger partial charge in [0.25, 0.3) is 0 Å². The Hall–Kier alpha value is -1.25. The van der Waals surface area contributed by atoms with Crippen LogP contribution in [0.1, 0.15) is 74.7 Å². The van der Waals surface area contributed by atoms with E-state index in [1.807, 2.05) is 25.7 Å². The Bertz CT molecular complexity index is 432. The second-order valence-corrected chi connectivity index (χ2v) is 8.47. The van der Waals surface area contributed by atoms with Crippen molar-refractivity contribution in [2.75, 3.05) is 6.54 Å². The van der Waals surface area contributed by atoms with Gasteiger partial charge in [-0.3, -0.25) is 0 Å². The molecule has 140 valence electrons. The molecule has 0 aliphatic rings. The largest absolute Gasteiger partial charge is 0.444 e. The minimum Gasteiger partial charge on any atom is -0.444 e. The molecule has 0 aromatic heterocycles. The highest BCUT2D eigenvalue weighted by Crippen LogP contribution is 2.24. The molecule has 1 unspecified atom stereocenters. The van der Waals surface area contributed by atoms with Gasteiger partial charge in [-0.1, -0.05) is 52.0 Å². The number of amides is 1. The van der Waals surface area contributed by atoms with E-state index in [4.69, 9.17) is 4.74 Å². The number of hydrogen-bond acceptors (Lipinski definition) is 2. The highest BCUT2D eigenvalue weighted by Gasteiger charge is 2.27. The van der Waals surface area contributed by atoms with E-state index in [0.29, 0.717) is 18.4 Å². The highest BCUT2D eigenvalue weighted by atomic mass is 16.6. The van der Waals surface area contributed by atoms with Crippen LogP contribution in [0.2, 0.25) is 0 Å². The predicted octanol–water partition coefficient (Wildman–Crippen LogP) is 6.21. The summed E-state index contributed by atoms with van der Waals surface area (Å²) in [7, 11) is 0. The summed E-state index contributed by atoms with van der Waals surface area (Å²) in [5, 5.41) is 0. The zero-order valence-electron chi connectivity index (χ0n) is 17.2. The molecule has 24 heavy (non-hydrogen) atoms. The SMILES string of the molecule is C=C(CC(=C)C(C)CC)C[C@@H](C)N(CC(C)C)C(=O)OC(C)(C)C. The fourth-order valence-corrected chi connectivity index (χ4v) is 2.53. The second-order valence-electron chi connectivity index (χ2n) is 8.47. The summed E-state index contributed by atoms with van der Waals surface area (Å²) >= 11 is 0. The fraction of sp³-hybridized carbons (Fsp3) is 0.762. The molecule has 0 aliphatic heterocycles. The van der Waals surface area contributed by atoms with Crippen LogP contribution >= 0.6 is 0 Å². The van der Waals surface area contributed by atoms with Crippen LogP contribution in [0.25, 0.3) is 0 Å². The van der Waals surface area contributed by atoms with Crippen LogP contribution in [0.3, 0.4) is 0 Å². The standard InChI is InChI=1S/C21H39NO2/c1-11-17(5)18(6)12-16(4)13-19(7)22(14-15(2)3)20(23)24-21(8,9)10/h15,17,19H,4,6,11-14H2,1-3,5,7-10H3/t17?,19-/m1/s1. The van der Waals surface area contributed by atoms with Crippen LogP contribution in [0.4, 0.5) is 4.79 Å². The van der Waals surface area contributed by atoms with Crippen LogP contribution < -0.4 is 0 Å². The minimum absolute atomic E-state index is 0.0690. The van der Waals surface area contributed by atoms with Crippen molar-refractivity contribution in [2.45, 2.75) is 86.3 Å². The third kappa shape index (κ3) is 9.14. The van der Waals surface area contributed by atoms with Gasteiger partial charge >= 0.3 is 6.09 Å². The lowest BCUT2D eigenvalue weighted by Crippen LogP contribution is -2.44. The lowest BCUT2D eigenvalue weighted by atomic mass is 9.92. The third-order valence-corrected chi connectivity index (χ3v) is 4.09. The quantitative estimate of drug-likeness (QED) is 0.468. The summed E-state index contributed by atoms with van der Waals surface area (Å²) < 4.78 is 5.58. The minimum atomic E-state index is -0.478. The van der Waals surface area contributed by atoms with Crippen molar-refractivity contribution in [1.82, 2.24) is 4.90 Å². The lowest BCUT2D eigenvalue weighted by molar-refractivity contribution is 0.0150. The molecule has 0 fully saturated rings. The van der Waals surface area contributed by atoms with Gasteiger partial charge < -0.3 is 9.64 Å². The van der Waals surface area contributed by atoms with Crippen molar-refractivity contribution >= 4 is 6.09 Å². The molecule has 0 aromatic rings. The first kappa shape index (κ1) is 22.8. The van der Waals surface area contributed by atoms with Crippen molar-refractivity contribution in [2.24, 2.45) is 11.8 Å². The molecule has 0 spiro atoms. The van der Waals surface area contributed by atoms with Gasteiger partial charge in [0.1, 0.15) is 5.60 Å². The maximum Gasteiger partial charge on any atom is 0.410 e. The van der Waals surface area contributed by atoms with Gasteiger partial charge in [-0.05, 0) is 58.8 Å². The number of rotatable bonds is 9. The van der Waals surface area contributed by atoms with Gasteiger partial charge in [0, 0.05) is 12.6 Å². The van der Waals surface area contributed by atoms with Gasteiger partial charge in [0.2, 0.25) is 0 Å².